The Morgan fingerprint density at radius 2 is 2.00 bits per heavy atom. The summed E-state index contributed by atoms with van der Waals surface area (Å²) < 4.78 is 5.36. The molecule has 1 fully saturated rings. The van der Waals surface area contributed by atoms with Crippen LogP contribution in [0.2, 0.25) is 5.02 Å². The molecule has 0 radical (unpaired) electrons. The van der Waals surface area contributed by atoms with Gasteiger partial charge in [-0.2, -0.15) is 0 Å². The first-order chi connectivity index (χ1) is 10.1. The van der Waals surface area contributed by atoms with Crippen molar-refractivity contribution < 1.29 is 9.53 Å². The molecule has 0 aliphatic heterocycles. The zero-order chi connectivity index (χ0) is 15.1. The van der Waals surface area contributed by atoms with Crippen molar-refractivity contribution in [3.63, 3.8) is 0 Å². The van der Waals surface area contributed by atoms with E-state index in [9.17, 15) is 4.79 Å². The van der Waals surface area contributed by atoms with Crippen LogP contribution in [0.15, 0.2) is 24.3 Å². The van der Waals surface area contributed by atoms with Gasteiger partial charge in [0, 0.05) is 6.04 Å². The number of ether oxygens (including phenoxy) is 1. The zero-order valence-electron chi connectivity index (χ0n) is 11.7. The maximum Gasteiger partial charge on any atom is 0.264 e. The van der Waals surface area contributed by atoms with E-state index in [1.54, 1.807) is 24.3 Å². The van der Waals surface area contributed by atoms with Gasteiger partial charge in [0.05, 0.1) is 5.02 Å². The van der Waals surface area contributed by atoms with Crippen molar-refractivity contribution >= 4 is 34.8 Å². The molecule has 1 aliphatic carbocycles. The number of para-hydroxylation sites is 1. The van der Waals surface area contributed by atoms with Crippen molar-refractivity contribution in [2.75, 3.05) is 6.61 Å². The molecule has 1 saturated carbocycles. The van der Waals surface area contributed by atoms with Crippen molar-refractivity contribution in [3.05, 3.63) is 29.3 Å². The van der Waals surface area contributed by atoms with E-state index in [1.165, 1.54) is 19.3 Å². The van der Waals surface area contributed by atoms with Crippen LogP contribution in [0.5, 0.6) is 5.75 Å². The van der Waals surface area contributed by atoms with Gasteiger partial charge in [0.1, 0.15) is 5.75 Å². The third kappa shape index (κ3) is 5.52. The van der Waals surface area contributed by atoms with Gasteiger partial charge < -0.3 is 15.4 Å². The Morgan fingerprint density at radius 3 is 2.71 bits per heavy atom. The quantitative estimate of drug-likeness (QED) is 0.835. The van der Waals surface area contributed by atoms with Gasteiger partial charge in [-0.25, -0.2) is 0 Å². The fourth-order valence-electron chi connectivity index (χ4n) is 2.34. The standard InChI is InChI=1S/C15H19ClN2O2S/c16-12-8-4-5-9-13(12)20-10-14(19)18-15(21)17-11-6-2-1-3-7-11/h4-5,8-9,11H,1-3,6-7,10H2,(H2,17,18,19,21). The summed E-state index contributed by atoms with van der Waals surface area (Å²) in [5.41, 5.74) is 0. The van der Waals surface area contributed by atoms with Gasteiger partial charge in [-0.15, -0.1) is 0 Å². The van der Waals surface area contributed by atoms with E-state index in [2.05, 4.69) is 10.6 Å². The lowest BCUT2D eigenvalue weighted by Gasteiger charge is -2.24. The summed E-state index contributed by atoms with van der Waals surface area (Å²) in [5.74, 6) is 0.198. The molecule has 1 aliphatic rings. The minimum absolute atomic E-state index is 0.115. The number of benzene rings is 1. The highest BCUT2D eigenvalue weighted by atomic mass is 35.5. The van der Waals surface area contributed by atoms with E-state index in [0.717, 1.165) is 12.8 Å². The van der Waals surface area contributed by atoms with Gasteiger partial charge in [0.25, 0.3) is 5.91 Å². The van der Waals surface area contributed by atoms with Gasteiger partial charge in [-0.05, 0) is 37.2 Å². The van der Waals surface area contributed by atoms with Crippen LogP contribution in [-0.4, -0.2) is 23.7 Å². The lowest BCUT2D eigenvalue weighted by Crippen LogP contribution is -2.46. The minimum atomic E-state index is -0.289. The molecule has 1 aromatic rings. The number of amides is 1. The van der Waals surface area contributed by atoms with Crippen molar-refractivity contribution in [3.8, 4) is 5.75 Å². The summed E-state index contributed by atoms with van der Waals surface area (Å²) in [4.78, 5) is 11.8. The van der Waals surface area contributed by atoms with Crippen molar-refractivity contribution in [2.45, 2.75) is 38.1 Å². The van der Waals surface area contributed by atoms with E-state index in [1.807, 2.05) is 0 Å². The first-order valence-corrected chi connectivity index (χ1v) is 7.91. The minimum Gasteiger partial charge on any atom is -0.482 e. The Morgan fingerprint density at radius 1 is 1.29 bits per heavy atom. The lowest BCUT2D eigenvalue weighted by atomic mass is 9.96. The van der Waals surface area contributed by atoms with Gasteiger partial charge in [0.2, 0.25) is 0 Å². The predicted molar refractivity (Wildman–Crippen MR) is 87.7 cm³/mol. The van der Waals surface area contributed by atoms with Crippen molar-refractivity contribution in [1.82, 2.24) is 10.6 Å². The van der Waals surface area contributed by atoms with Gasteiger partial charge in [-0.3, -0.25) is 4.79 Å². The first-order valence-electron chi connectivity index (χ1n) is 7.13. The molecule has 2 N–H and O–H groups in total. The van der Waals surface area contributed by atoms with Crippen LogP contribution in [0, 0.1) is 0 Å². The van der Waals surface area contributed by atoms with Gasteiger partial charge >= 0.3 is 0 Å². The largest absolute Gasteiger partial charge is 0.482 e. The Balaban J connectivity index is 1.71. The van der Waals surface area contributed by atoms with Gasteiger partial charge in [-0.1, -0.05) is 43.0 Å². The number of carbonyl (C=O) groups is 1. The van der Waals surface area contributed by atoms with E-state index in [0.29, 0.717) is 21.9 Å². The number of halogens is 1. The van der Waals surface area contributed by atoms with Crippen LogP contribution in [0.3, 0.4) is 0 Å². The molecule has 2 rings (SSSR count). The molecule has 0 saturated heterocycles. The fraction of sp³-hybridized carbons (Fsp3) is 0.467. The van der Waals surface area contributed by atoms with E-state index >= 15 is 0 Å². The zero-order valence-corrected chi connectivity index (χ0v) is 13.3. The van der Waals surface area contributed by atoms with Crippen LogP contribution in [0.1, 0.15) is 32.1 Å². The molecule has 0 atom stereocenters. The summed E-state index contributed by atoms with van der Waals surface area (Å²) in [6.07, 6.45) is 5.91. The molecule has 6 heteroatoms. The first kappa shape index (κ1) is 16.0. The van der Waals surface area contributed by atoms with E-state index in [4.69, 9.17) is 28.6 Å². The second kappa shape index (κ2) is 8.20. The van der Waals surface area contributed by atoms with Crippen molar-refractivity contribution in [2.24, 2.45) is 0 Å². The lowest BCUT2D eigenvalue weighted by molar-refractivity contribution is -0.121. The maximum absolute atomic E-state index is 11.8. The Hall–Kier alpha value is -1.33. The molecular weight excluding hydrogens is 308 g/mol. The topological polar surface area (TPSA) is 50.4 Å². The average Bonchev–Trinajstić information content (AvgIpc) is 2.47. The summed E-state index contributed by atoms with van der Waals surface area (Å²) in [6.45, 7) is -0.115. The van der Waals surface area contributed by atoms with Crippen LogP contribution >= 0.6 is 23.8 Å². The Kier molecular flexibility index (Phi) is 6.26. The smallest absolute Gasteiger partial charge is 0.264 e. The Labute approximate surface area is 135 Å². The summed E-state index contributed by atoms with van der Waals surface area (Å²) >= 11 is 11.1. The highest BCUT2D eigenvalue weighted by Crippen LogP contribution is 2.22. The fourth-order valence-corrected chi connectivity index (χ4v) is 2.81. The Bertz CT molecular complexity index is 504. The second-order valence-corrected chi connectivity index (χ2v) is 5.89. The van der Waals surface area contributed by atoms with Gasteiger partial charge in [0.15, 0.2) is 11.7 Å². The molecule has 1 amide bonds. The third-order valence-electron chi connectivity index (χ3n) is 3.39. The molecule has 0 spiro atoms. The molecule has 0 unspecified atom stereocenters. The molecule has 4 nitrogen and oxygen atoms in total. The van der Waals surface area contributed by atoms with E-state index in [-0.39, 0.29) is 12.5 Å². The highest BCUT2D eigenvalue weighted by Gasteiger charge is 2.15. The molecular formula is C15H19ClN2O2S. The number of rotatable bonds is 4. The number of hydrogen-bond acceptors (Lipinski definition) is 3. The van der Waals surface area contributed by atoms with Crippen LogP contribution in [-0.2, 0) is 4.79 Å². The summed E-state index contributed by atoms with van der Waals surface area (Å²) in [5, 5.41) is 6.66. The number of carbonyl (C=O) groups excluding carboxylic acids is 1. The maximum atomic E-state index is 11.8. The SMILES string of the molecule is O=C(COc1ccccc1Cl)NC(=S)NC1CCCCC1. The highest BCUT2D eigenvalue weighted by molar-refractivity contribution is 7.80. The monoisotopic (exact) mass is 326 g/mol. The summed E-state index contributed by atoms with van der Waals surface area (Å²) in [6, 6.07) is 7.40. The molecule has 21 heavy (non-hydrogen) atoms. The average molecular weight is 327 g/mol. The van der Waals surface area contributed by atoms with E-state index < -0.39 is 0 Å². The van der Waals surface area contributed by atoms with Crippen LogP contribution < -0.4 is 15.4 Å². The number of nitrogens with one attached hydrogen (secondary N) is 2. The van der Waals surface area contributed by atoms with Crippen LogP contribution in [0.25, 0.3) is 0 Å². The molecule has 0 aromatic heterocycles. The molecule has 114 valence electrons. The normalized spacial score (nSPS) is 15.3. The van der Waals surface area contributed by atoms with Crippen molar-refractivity contribution in [1.29, 1.82) is 0 Å². The second-order valence-electron chi connectivity index (χ2n) is 5.08. The molecule has 1 aromatic carbocycles. The molecule has 0 bridgehead atoms. The number of hydrogen-bond donors (Lipinski definition) is 2. The van der Waals surface area contributed by atoms with Crippen LogP contribution in [0.4, 0.5) is 0 Å². The number of thiocarbonyl (C=S) groups is 1. The molecule has 0 heterocycles. The third-order valence-corrected chi connectivity index (χ3v) is 3.92. The predicted octanol–water partition coefficient (Wildman–Crippen LogP) is 3.04. The summed E-state index contributed by atoms with van der Waals surface area (Å²) in [7, 11) is 0.